The normalized spacial score (nSPS) is 21.0. The summed E-state index contributed by atoms with van der Waals surface area (Å²) in [5, 5.41) is 0. The van der Waals surface area contributed by atoms with Gasteiger partial charge in [0.15, 0.2) is 6.29 Å². The van der Waals surface area contributed by atoms with Gasteiger partial charge in [-0.05, 0) is 17.7 Å². The molecule has 0 radical (unpaired) electrons. The van der Waals surface area contributed by atoms with Gasteiger partial charge in [0, 0.05) is 17.1 Å². The maximum absolute atomic E-state index is 5.38. The van der Waals surface area contributed by atoms with Crippen LogP contribution in [0.1, 0.15) is 17.4 Å². The lowest BCUT2D eigenvalue weighted by Gasteiger charge is -2.07. The van der Waals surface area contributed by atoms with Crippen LogP contribution in [0.3, 0.4) is 0 Å². The number of ether oxygens (including phenoxy) is 2. The maximum Gasteiger partial charge on any atom is 0.184 e. The fraction of sp³-hybridized carbons (Fsp3) is 0.333. The Morgan fingerprint density at radius 3 is 3.17 bits per heavy atom. The number of fused-ring (bicyclic) bond motifs is 1. The van der Waals surface area contributed by atoms with Crippen molar-refractivity contribution in [2.24, 2.45) is 0 Å². The zero-order chi connectivity index (χ0) is 8.55. The van der Waals surface area contributed by atoms with E-state index in [1.165, 1.54) is 5.56 Å². The monoisotopic (exact) mass is 228 g/mol. The molecule has 1 aromatic carbocycles. The fourth-order valence-corrected chi connectivity index (χ4v) is 1.79. The quantitative estimate of drug-likeness (QED) is 0.736. The molecule has 0 aromatic heterocycles. The third-order valence-corrected chi connectivity index (χ3v) is 2.46. The summed E-state index contributed by atoms with van der Waals surface area (Å²) >= 11 is 3.41. The number of methoxy groups -OCH3 is 1. The van der Waals surface area contributed by atoms with Crippen LogP contribution in [0.2, 0.25) is 0 Å². The van der Waals surface area contributed by atoms with Crippen LogP contribution in [0.4, 0.5) is 0 Å². The highest BCUT2D eigenvalue weighted by Gasteiger charge is 2.22. The summed E-state index contributed by atoms with van der Waals surface area (Å²) in [4.78, 5) is 0. The summed E-state index contributed by atoms with van der Waals surface area (Å²) in [5.74, 6) is 0. The van der Waals surface area contributed by atoms with E-state index in [9.17, 15) is 0 Å². The fourth-order valence-electron chi connectivity index (χ4n) is 1.38. The van der Waals surface area contributed by atoms with Crippen LogP contribution in [-0.4, -0.2) is 7.11 Å². The second-order valence-electron chi connectivity index (χ2n) is 2.72. The van der Waals surface area contributed by atoms with Crippen LogP contribution < -0.4 is 0 Å². The molecule has 1 heterocycles. The Kier molecular flexibility index (Phi) is 2.17. The molecule has 1 aliphatic heterocycles. The van der Waals surface area contributed by atoms with E-state index < -0.39 is 0 Å². The highest BCUT2D eigenvalue weighted by Crippen LogP contribution is 2.32. The summed E-state index contributed by atoms with van der Waals surface area (Å²) in [6, 6.07) is 6.09. The number of hydrogen-bond acceptors (Lipinski definition) is 2. The number of benzene rings is 1. The minimum atomic E-state index is -0.173. The third kappa shape index (κ3) is 1.28. The Balaban J connectivity index is 2.40. The van der Waals surface area contributed by atoms with Gasteiger partial charge in [-0.1, -0.05) is 22.0 Å². The standard InChI is InChI=1S/C9H9BrO2/c1-11-9-8-3-2-7(10)4-6(8)5-12-9/h2-4,9H,5H2,1H3. The summed E-state index contributed by atoms with van der Waals surface area (Å²) in [5.41, 5.74) is 2.34. The average molecular weight is 229 g/mol. The maximum atomic E-state index is 5.38. The van der Waals surface area contributed by atoms with E-state index in [2.05, 4.69) is 22.0 Å². The molecule has 2 rings (SSSR count). The lowest BCUT2D eigenvalue weighted by atomic mass is 10.1. The number of hydrogen-bond donors (Lipinski definition) is 0. The van der Waals surface area contributed by atoms with Crippen LogP contribution in [0.15, 0.2) is 22.7 Å². The van der Waals surface area contributed by atoms with Gasteiger partial charge in [-0.3, -0.25) is 0 Å². The smallest absolute Gasteiger partial charge is 0.184 e. The molecule has 12 heavy (non-hydrogen) atoms. The topological polar surface area (TPSA) is 18.5 Å². The van der Waals surface area contributed by atoms with Crippen LogP contribution in [0.25, 0.3) is 0 Å². The van der Waals surface area contributed by atoms with E-state index in [4.69, 9.17) is 9.47 Å². The van der Waals surface area contributed by atoms with Crippen molar-refractivity contribution in [3.8, 4) is 0 Å². The van der Waals surface area contributed by atoms with Crippen LogP contribution in [0.5, 0.6) is 0 Å². The van der Waals surface area contributed by atoms with Crippen molar-refractivity contribution in [1.29, 1.82) is 0 Å². The van der Waals surface area contributed by atoms with E-state index in [0.29, 0.717) is 6.61 Å². The molecule has 0 amide bonds. The molecule has 0 spiro atoms. The van der Waals surface area contributed by atoms with Gasteiger partial charge in [-0.15, -0.1) is 0 Å². The van der Waals surface area contributed by atoms with Crippen molar-refractivity contribution in [2.45, 2.75) is 12.9 Å². The van der Waals surface area contributed by atoms with E-state index in [1.54, 1.807) is 7.11 Å². The second-order valence-corrected chi connectivity index (χ2v) is 3.64. The molecule has 64 valence electrons. The second kappa shape index (κ2) is 3.17. The van der Waals surface area contributed by atoms with Crippen molar-refractivity contribution < 1.29 is 9.47 Å². The molecule has 1 atom stereocenters. The first-order chi connectivity index (χ1) is 5.81. The van der Waals surface area contributed by atoms with Gasteiger partial charge in [-0.25, -0.2) is 0 Å². The lowest BCUT2D eigenvalue weighted by Crippen LogP contribution is -1.97. The minimum absolute atomic E-state index is 0.173. The van der Waals surface area contributed by atoms with Crippen LogP contribution in [0, 0.1) is 0 Å². The zero-order valence-corrected chi connectivity index (χ0v) is 8.30. The van der Waals surface area contributed by atoms with Gasteiger partial charge < -0.3 is 9.47 Å². The first kappa shape index (κ1) is 8.23. The summed E-state index contributed by atoms with van der Waals surface area (Å²) in [6.45, 7) is 0.646. The first-order valence-electron chi connectivity index (χ1n) is 3.74. The van der Waals surface area contributed by atoms with E-state index in [1.807, 2.05) is 12.1 Å². The molecular weight excluding hydrogens is 220 g/mol. The average Bonchev–Trinajstić information content (AvgIpc) is 2.46. The SMILES string of the molecule is COC1OCc2cc(Br)ccc21. The van der Waals surface area contributed by atoms with Crippen molar-refractivity contribution in [3.05, 3.63) is 33.8 Å². The van der Waals surface area contributed by atoms with Gasteiger partial charge >= 0.3 is 0 Å². The highest BCUT2D eigenvalue weighted by atomic mass is 79.9. The molecule has 1 aromatic rings. The number of rotatable bonds is 1. The van der Waals surface area contributed by atoms with Crippen LogP contribution >= 0.6 is 15.9 Å². The molecular formula is C9H9BrO2. The Bertz CT molecular complexity index is 299. The van der Waals surface area contributed by atoms with Gasteiger partial charge in [-0.2, -0.15) is 0 Å². The Morgan fingerprint density at radius 2 is 2.42 bits per heavy atom. The zero-order valence-electron chi connectivity index (χ0n) is 6.71. The molecule has 0 fully saturated rings. The van der Waals surface area contributed by atoms with E-state index in [-0.39, 0.29) is 6.29 Å². The van der Waals surface area contributed by atoms with Crippen molar-refractivity contribution >= 4 is 15.9 Å². The van der Waals surface area contributed by atoms with Gasteiger partial charge in [0.2, 0.25) is 0 Å². The van der Waals surface area contributed by atoms with Gasteiger partial charge in [0.1, 0.15) is 0 Å². The molecule has 0 aliphatic carbocycles. The summed E-state index contributed by atoms with van der Waals surface area (Å²) < 4.78 is 11.6. The third-order valence-electron chi connectivity index (χ3n) is 1.96. The van der Waals surface area contributed by atoms with Gasteiger partial charge in [0.05, 0.1) is 6.61 Å². The van der Waals surface area contributed by atoms with E-state index in [0.717, 1.165) is 10.0 Å². The summed E-state index contributed by atoms with van der Waals surface area (Å²) in [7, 11) is 1.65. The Morgan fingerprint density at radius 1 is 1.58 bits per heavy atom. The molecule has 0 bridgehead atoms. The molecule has 0 saturated heterocycles. The Labute approximate surface area is 79.6 Å². The lowest BCUT2D eigenvalue weighted by molar-refractivity contribution is -0.118. The molecule has 0 N–H and O–H groups in total. The molecule has 3 heteroatoms. The highest BCUT2D eigenvalue weighted by molar-refractivity contribution is 9.10. The molecule has 1 unspecified atom stereocenters. The first-order valence-corrected chi connectivity index (χ1v) is 4.53. The molecule has 2 nitrogen and oxygen atoms in total. The molecule has 1 aliphatic rings. The van der Waals surface area contributed by atoms with Crippen molar-refractivity contribution in [1.82, 2.24) is 0 Å². The predicted molar refractivity (Wildman–Crippen MR) is 48.7 cm³/mol. The van der Waals surface area contributed by atoms with Crippen molar-refractivity contribution in [3.63, 3.8) is 0 Å². The largest absolute Gasteiger partial charge is 0.352 e. The van der Waals surface area contributed by atoms with Crippen LogP contribution in [-0.2, 0) is 16.1 Å². The number of halogens is 1. The van der Waals surface area contributed by atoms with Crippen molar-refractivity contribution in [2.75, 3.05) is 7.11 Å². The Hall–Kier alpha value is -0.380. The minimum Gasteiger partial charge on any atom is -0.352 e. The molecule has 0 saturated carbocycles. The summed E-state index contributed by atoms with van der Waals surface area (Å²) in [6.07, 6.45) is -0.173. The van der Waals surface area contributed by atoms with Gasteiger partial charge in [0.25, 0.3) is 0 Å². The van der Waals surface area contributed by atoms with E-state index >= 15 is 0 Å². The predicted octanol–water partition coefficient (Wildman–Crippen LogP) is 2.62.